The average Bonchev–Trinajstić information content (AvgIpc) is 2.92. The highest BCUT2D eigenvalue weighted by atomic mass is 16.6. The van der Waals surface area contributed by atoms with Gasteiger partial charge >= 0.3 is 0 Å². The van der Waals surface area contributed by atoms with Gasteiger partial charge in [-0.15, -0.1) is 0 Å². The van der Waals surface area contributed by atoms with Crippen molar-refractivity contribution < 1.29 is 14.5 Å². The lowest BCUT2D eigenvalue weighted by atomic mass is 10.0. The van der Waals surface area contributed by atoms with E-state index in [2.05, 4.69) is 5.32 Å². The number of hydrogen-bond acceptors (Lipinski definition) is 5. The number of benzene rings is 3. The summed E-state index contributed by atoms with van der Waals surface area (Å²) in [5.74, 6) is -0.909. The van der Waals surface area contributed by atoms with E-state index in [0.29, 0.717) is 11.3 Å². The lowest BCUT2D eigenvalue weighted by Gasteiger charge is -2.11. The lowest BCUT2D eigenvalue weighted by molar-refractivity contribution is -0.384. The number of nitrogens with one attached hydrogen (secondary N) is 1. The van der Waals surface area contributed by atoms with Gasteiger partial charge in [0.25, 0.3) is 17.5 Å². The zero-order valence-corrected chi connectivity index (χ0v) is 14.9. The second-order valence-electron chi connectivity index (χ2n) is 6.38. The number of amides is 2. The van der Waals surface area contributed by atoms with Gasteiger partial charge in [0.05, 0.1) is 10.5 Å². The zero-order chi connectivity index (χ0) is 19.8. The van der Waals surface area contributed by atoms with Crippen LogP contribution >= 0.6 is 0 Å². The fourth-order valence-corrected chi connectivity index (χ4v) is 3.24. The van der Waals surface area contributed by atoms with E-state index in [1.54, 1.807) is 0 Å². The molecule has 3 aromatic carbocycles. The van der Waals surface area contributed by atoms with Crippen LogP contribution in [0.15, 0.2) is 72.4 Å². The first-order valence-corrected chi connectivity index (χ1v) is 8.53. The van der Waals surface area contributed by atoms with Gasteiger partial charge in [0.2, 0.25) is 0 Å². The number of hydrogen-bond donors (Lipinski definition) is 1. The normalized spacial score (nSPS) is 14.1. The molecule has 0 radical (unpaired) electrons. The van der Waals surface area contributed by atoms with Crippen molar-refractivity contribution in [2.24, 2.45) is 0 Å². The van der Waals surface area contributed by atoms with E-state index in [1.807, 2.05) is 42.5 Å². The number of rotatable bonds is 4. The summed E-state index contributed by atoms with van der Waals surface area (Å²) in [4.78, 5) is 36.8. The zero-order valence-electron chi connectivity index (χ0n) is 14.9. The number of carbonyl (C=O) groups is 2. The highest BCUT2D eigenvalue weighted by molar-refractivity contribution is 6.36. The molecule has 0 saturated carbocycles. The first-order chi connectivity index (χ1) is 13.5. The molecule has 138 valence electrons. The predicted octanol–water partition coefficient (Wildman–Crippen LogP) is 3.57. The summed E-state index contributed by atoms with van der Waals surface area (Å²) >= 11 is 0. The number of fused-ring (bicyclic) bond motifs is 1. The van der Waals surface area contributed by atoms with Gasteiger partial charge in [-0.2, -0.15) is 0 Å². The second-order valence-corrected chi connectivity index (χ2v) is 6.38. The topological polar surface area (TPSA) is 92.6 Å². The third-order valence-corrected chi connectivity index (χ3v) is 4.70. The van der Waals surface area contributed by atoms with E-state index in [-0.39, 0.29) is 17.0 Å². The highest BCUT2D eigenvalue weighted by Crippen LogP contribution is 2.32. The number of imide groups is 1. The van der Waals surface area contributed by atoms with Crippen LogP contribution in [-0.2, 0) is 9.59 Å². The van der Waals surface area contributed by atoms with Gasteiger partial charge in [-0.05, 0) is 29.1 Å². The first-order valence-electron chi connectivity index (χ1n) is 8.53. The Kier molecular flexibility index (Phi) is 4.12. The van der Waals surface area contributed by atoms with Gasteiger partial charge in [0.1, 0.15) is 5.70 Å². The van der Waals surface area contributed by atoms with Crippen molar-refractivity contribution in [3.05, 3.63) is 88.1 Å². The molecule has 0 saturated heterocycles. The smallest absolute Gasteiger partial charge is 0.277 e. The van der Waals surface area contributed by atoms with E-state index in [9.17, 15) is 19.7 Å². The maximum absolute atomic E-state index is 12.7. The SMILES string of the molecule is CN1C(=O)C(Nc2cccc3ccccc23)=C(c2ccc([N+](=O)[O-])cc2)C1=O. The van der Waals surface area contributed by atoms with Gasteiger partial charge in [-0.25, -0.2) is 0 Å². The number of nitro groups is 1. The fraction of sp³-hybridized carbons (Fsp3) is 0.0476. The summed E-state index contributed by atoms with van der Waals surface area (Å²) in [5, 5.41) is 15.9. The maximum atomic E-state index is 12.7. The molecule has 1 aliphatic rings. The molecule has 0 unspecified atom stereocenters. The number of nitro benzene ring substituents is 1. The predicted molar refractivity (Wildman–Crippen MR) is 105 cm³/mol. The van der Waals surface area contributed by atoms with Crippen LogP contribution < -0.4 is 5.32 Å². The Morgan fingerprint density at radius 3 is 2.29 bits per heavy atom. The Hall–Kier alpha value is -4.00. The van der Waals surface area contributed by atoms with Gasteiger partial charge in [-0.1, -0.05) is 36.4 Å². The molecule has 0 bridgehead atoms. The molecule has 28 heavy (non-hydrogen) atoms. The Balaban J connectivity index is 1.83. The van der Waals surface area contributed by atoms with Gasteiger partial charge in [0.15, 0.2) is 0 Å². The van der Waals surface area contributed by atoms with E-state index in [4.69, 9.17) is 0 Å². The Labute approximate surface area is 160 Å². The minimum atomic E-state index is -0.513. The van der Waals surface area contributed by atoms with Crippen LogP contribution in [0.5, 0.6) is 0 Å². The molecule has 3 aromatic rings. The minimum Gasteiger partial charge on any atom is -0.350 e. The van der Waals surface area contributed by atoms with E-state index in [1.165, 1.54) is 31.3 Å². The molecule has 7 nitrogen and oxygen atoms in total. The second kappa shape index (κ2) is 6.62. The van der Waals surface area contributed by atoms with Crippen molar-refractivity contribution in [3.8, 4) is 0 Å². The Morgan fingerprint density at radius 2 is 1.57 bits per heavy atom. The quantitative estimate of drug-likeness (QED) is 0.429. The third kappa shape index (κ3) is 2.79. The molecular weight excluding hydrogens is 358 g/mol. The van der Waals surface area contributed by atoms with Gasteiger partial charge < -0.3 is 5.32 Å². The summed E-state index contributed by atoms with van der Waals surface area (Å²) < 4.78 is 0. The Morgan fingerprint density at radius 1 is 0.893 bits per heavy atom. The summed E-state index contributed by atoms with van der Waals surface area (Å²) in [6.07, 6.45) is 0. The monoisotopic (exact) mass is 373 g/mol. The number of nitrogens with zero attached hydrogens (tertiary/aromatic N) is 2. The molecule has 4 rings (SSSR count). The van der Waals surface area contributed by atoms with Crippen molar-refractivity contribution in [3.63, 3.8) is 0 Å². The number of likely N-dealkylation sites (N-methyl/N-ethyl adjacent to an activating group) is 1. The third-order valence-electron chi connectivity index (χ3n) is 4.70. The Bertz CT molecular complexity index is 1160. The summed E-state index contributed by atoms with van der Waals surface area (Å²) in [6.45, 7) is 0. The van der Waals surface area contributed by atoms with E-state index >= 15 is 0 Å². The van der Waals surface area contributed by atoms with Crippen LogP contribution in [0.1, 0.15) is 5.56 Å². The summed E-state index contributed by atoms with van der Waals surface area (Å²) in [7, 11) is 1.41. The van der Waals surface area contributed by atoms with Crippen LogP contribution in [0.4, 0.5) is 11.4 Å². The maximum Gasteiger partial charge on any atom is 0.277 e. The van der Waals surface area contributed by atoms with Crippen molar-refractivity contribution >= 4 is 39.5 Å². The fourth-order valence-electron chi connectivity index (χ4n) is 3.24. The molecule has 1 heterocycles. The largest absolute Gasteiger partial charge is 0.350 e. The lowest BCUT2D eigenvalue weighted by Crippen LogP contribution is -2.27. The molecule has 0 aromatic heterocycles. The van der Waals surface area contributed by atoms with Crippen LogP contribution in [0.3, 0.4) is 0 Å². The van der Waals surface area contributed by atoms with Crippen molar-refractivity contribution in [1.82, 2.24) is 4.90 Å². The van der Waals surface area contributed by atoms with Crippen LogP contribution in [0.2, 0.25) is 0 Å². The summed E-state index contributed by atoms with van der Waals surface area (Å²) in [6, 6.07) is 18.9. The van der Waals surface area contributed by atoms with Crippen LogP contribution in [-0.4, -0.2) is 28.7 Å². The number of non-ortho nitro benzene ring substituents is 1. The standard InChI is InChI=1S/C21H15N3O4/c1-23-20(25)18(14-9-11-15(12-10-14)24(27)28)19(21(23)26)22-17-8-4-6-13-5-2-3-7-16(13)17/h2-12,22H,1H3. The molecule has 0 atom stereocenters. The molecule has 0 spiro atoms. The molecule has 0 fully saturated rings. The summed E-state index contributed by atoms with van der Waals surface area (Å²) in [5.41, 5.74) is 1.39. The molecule has 7 heteroatoms. The molecular formula is C21H15N3O4. The number of anilines is 1. The molecule has 0 aliphatic carbocycles. The average molecular weight is 373 g/mol. The van der Waals surface area contributed by atoms with Crippen LogP contribution in [0.25, 0.3) is 16.3 Å². The molecule has 1 N–H and O–H groups in total. The molecule has 2 amide bonds. The number of carbonyl (C=O) groups excluding carboxylic acids is 2. The van der Waals surface area contributed by atoms with E-state index < -0.39 is 16.7 Å². The van der Waals surface area contributed by atoms with Gasteiger partial charge in [0, 0.05) is 30.3 Å². The van der Waals surface area contributed by atoms with Gasteiger partial charge in [-0.3, -0.25) is 24.6 Å². The van der Waals surface area contributed by atoms with Crippen molar-refractivity contribution in [2.75, 3.05) is 12.4 Å². The highest BCUT2D eigenvalue weighted by Gasteiger charge is 2.37. The van der Waals surface area contributed by atoms with E-state index in [0.717, 1.165) is 15.7 Å². The van der Waals surface area contributed by atoms with Crippen molar-refractivity contribution in [1.29, 1.82) is 0 Å². The van der Waals surface area contributed by atoms with Crippen LogP contribution in [0, 0.1) is 10.1 Å². The molecule has 1 aliphatic heterocycles. The minimum absolute atomic E-state index is 0.0851. The first kappa shape index (κ1) is 17.4. The van der Waals surface area contributed by atoms with Crippen molar-refractivity contribution in [2.45, 2.75) is 0 Å².